The van der Waals surface area contributed by atoms with Gasteiger partial charge in [-0.25, -0.2) is 4.79 Å². The van der Waals surface area contributed by atoms with E-state index >= 15 is 0 Å². The van der Waals surface area contributed by atoms with Gasteiger partial charge in [0.15, 0.2) is 0 Å². The topological polar surface area (TPSA) is 72.5 Å². The van der Waals surface area contributed by atoms with E-state index in [2.05, 4.69) is 6.92 Å². The van der Waals surface area contributed by atoms with E-state index in [1.54, 1.807) is 6.07 Å². The predicted octanol–water partition coefficient (Wildman–Crippen LogP) is 4.49. The van der Waals surface area contributed by atoms with Crippen LogP contribution in [0.4, 0.5) is 5.69 Å². The van der Waals surface area contributed by atoms with Crippen LogP contribution in [0.2, 0.25) is 0 Å². The van der Waals surface area contributed by atoms with Gasteiger partial charge in [-0.3, -0.25) is 0 Å². The predicted molar refractivity (Wildman–Crippen MR) is 91.1 cm³/mol. The molecule has 0 saturated carbocycles. The van der Waals surface area contributed by atoms with Gasteiger partial charge in [-0.1, -0.05) is 45.1 Å². The van der Waals surface area contributed by atoms with Crippen molar-refractivity contribution in [2.75, 3.05) is 18.2 Å². The lowest BCUT2D eigenvalue weighted by Gasteiger charge is -2.15. The molecular formula is C17H26ClNO3. The maximum atomic E-state index is 11.2. The van der Waals surface area contributed by atoms with Crippen molar-refractivity contribution in [3.8, 4) is 5.75 Å². The Balaban J connectivity index is 2.62. The van der Waals surface area contributed by atoms with Crippen molar-refractivity contribution in [2.45, 2.75) is 51.9 Å². The third-order valence-electron chi connectivity index (χ3n) is 3.62. The van der Waals surface area contributed by atoms with Gasteiger partial charge in [-0.05, 0) is 24.5 Å². The van der Waals surface area contributed by atoms with Gasteiger partial charge in [0.2, 0.25) is 0 Å². The summed E-state index contributed by atoms with van der Waals surface area (Å²) in [5.41, 5.74) is 7.09. The Morgan fingerprint density at radius 1 is 1.23 bits per heavy atom. The molecule has 1 aromatic carbocycles. The molecule has 3 N–H and O–H groups in total. The minimum absolute atomic E-state index is 0.0799. The number of carboxylic acid groups (broad SMARTS) is 1. The molecule has 1 aromatic rings. The summed E-state index contributed by atoms with van der Waals surface area (Å²) in [4.78, 5) is 11.2. The van der Waals surface area contributed by atoms with Gasteiger partial charge >= 0.3 is 5.97 Å². The second-order valence-electron chi connectivity index (χ2n) is 5.38. The summed E-state index contributed by atoms with van der Waals surface area (Å²) >= 11 is 5.78. The van der Waals surface area contributed by atoms with Gasteiger partial charge in [-0.15, -0.1) is 11.6 Å². The van der Waals surface area contributed by atoms with Crippen LogP contribution < -0.4 is 10.5 Å². The molecule has 0 aliphatic rings. The SMILES string of the molecule is CCCCCCCCOc1c(CCCl)ccc(C(=O)O)c1N. The third kappa shape index (κ3) is 5.76. The van der Waals surface area contributed by atoms with Crippen LogP contribution in [-0.4, -0.2) is 23.6 Å². The summed E-state index contributed by atoms with van der Waals surface area (Å²) in [5.74, 6) is -0.118. The van der Waals surface area contributed by atoms with E-state index in [1.807, 2.05) is 0 Å². The summed E-state index contributed by atoms with van der Waals surface area (Å²) in [7, 11) is 0. The number of nitrogens with two attached hydrogens (primary N) is 1. The number of nitrogen functional groups attached to an aromatic ring is 1. The van der Waals surface area contributed by atoms with E-state index in [-0.39, 0.29) is 11.3 Å². The molecule has 0 radical (unpaired) electrons. The highest BCUT2D eigenvalue weighted by Gasteiger charge is 2.16. The molecule has 0 unspecified atom stereocenters. The molecule has 4 nitrogen and oxygen atoms in total. The first-order valence-corrected chi connectivity index (χ1v) is 8.48. The quantitative estimate of drug-likeness (QED) is 0.357. The van der Waals surface area contributed by atoms with Crippen LogP contribution >= 0.6 is 11.6 Å². The Morgan fingerprint density at radius 3 is 2.55 bits per heavy atom. The third-order valence-corrected chi connectivity index (χ3v) is 3.81. The normalized spacial score (nSPS) is 10.6. The second kappa shape index (κ2) is 10.3. The first-order chi connectivity index (χ1) is 10.6. The van der Waals surface area contributed by atoms with Crippen LogP contribution in [0, 0.1) is 0 Å². The van der Waals surface area contributed by atoms with Crippen molar-refractivity contribution in [3.63, 3.8) is 0 Å². The smallest absolute Gasteiger partial charge is 0.337 e. The van der Waals surface area contributed by atoms with Crippen molar-refractivity contribution in [1.82, 2.24) is 0 Å². The highest BCUT2D eigenvalue weighted by molar-refractivity contribution is 6.18. The number of aryl methyl sites for hydroxylation is 1. The van der Waals surface area contributed by atoms with E-state index in [0.717, 1.165) is 18.4 Å². The number of benzene rings is 1. The number of alkyl halides is 1. The van der Waals surface area contributed by atoms with Gasteiger partial charge in [0.05, 0.1) is 17.9 Å². The second-order valence-corrected chi connectivity index (χ2v) is 5.75. The first kappa shape index (κ1) is 18.6. The molecule has 0 aliphatic carbocycles. The lowest BCUT2D eigenvalue weighted by Crippen LogP contribution is -2.09. The lowest BCUT2D eigenvalue weighted by atomic mass is 10.1. The van der Waals surface area contributed by atoms with Crippen molar-refractivity contribution in [2.24, 2.45) is 0 Å². The van der Waals surface area contributed by atoms with Gasteiger partial charge in [0, 0.05) is 5.88 Å². The fourth-order valence-electron chi connectivity index (χ4n) is 2.36. The summed E-state index contributed by atoms with van der Waals surface area (Å²) in [6, 6.07) is 3.25. The first-order valence-electron chi connectivity index (χ1n) is 7.95. The lowest BCUT2D eigenvalue weighted by molar-refractivity contribution is 0.0697. The minimum Gasteiger partial charge on any atom is -0.491 e. The number of carboxylic acids is 1. The number of ether oxygens (including phenoxy) is 1. The molecule has 0 fully saturated rings. The number of unbranched alkanes of at least 4 members (excludes halogenated alkanes) is 5. The molecule has 22 heavy (non-hydrogen) atoms. The molecule has 0 atom stereocenters. The summed E-state index contributed by atoms with van der Waals surface area (Å²) in [6.07, 6.45) is 7.63. The molecule has 0 amide bonds. The number of aromatic carboxylic acids is 1. The highest BCUT2D eigenvalue weighted by Crippen LogP contribution is 2.31. The van der Waals surface area contributed by atoms with E-state index in [0.29, 0.717) is 24.7 Å². The fourth-order valence-corrected chi connectivity index (χ4v) is 2.56. The number of hydrogen-bond acceptors (Lipinski definition) is 3. The Kier molecular flexibility index (Phi) is 8.75. The van der Waals surface area contributed by atoms with Crippen molar-refractivity contribution >= 4 is 23.3 Å². The molecule has 1 rings (SSSR count). The number of halogens is 1. The highest BCUT2D eigenvalue weighted by atomic mass is 35.5. The van der Waals surface area contributed by atoms with Crippen molar-refractivity contribution < 1.29 is 14.6 Å². The number of rotatable bonds is 11. The molecule has 0 aliphatic heterocycles. The Morgan fingerprint density at radius 2 is 1.91 bits per heavy atom. The van der Waals surface area contributed by atoms with Crippen LogP contribution in [0.25, 0.3) is 0 Å². The fraction of sp³-hybridized carbons (Fsp3) is 0.588. The van der Waals surface area contributed by atoms with E-state index in [4.69, 9.17) is 27.2 Å². The Bertz CT molecular complexity index is 477. The zero-order chi connectivity index (χ0) is 16.4. The maximum Gasteiger partial charge on any atom is 0.337 e. The zero-order valence-electron chi connectivity index (χ0n) is 13.2. The van der Waals surface area contributed by atoms with E-state index < -0.39 is 5.97 Å². The van der Waals surface area contributed by atoms with Crippen LogP contribution in [0.5, 0.6) is 5.75 Å². The largest absolute Gasteiger partial charge is 0.491 e. The van der Waals surface area contributed by atoms with Crippen LogP contribution in [0.3, 0.4) is 0 Å². The van der Waals surface area contributed by atoms with Gasteiger partial charge < -0.3 is 15.6 Å². The average Bonchev–Trinajstić information content (AvgIpc) is 2.48. The molecular weight excluding hydrogens is 302 g/mol. The molecule has 0 saturated heterocycles. The molecule has 0 spiro atoms. The molecule has 0 aromatic heterocycles. The number of anilines is 1. The summed E-state index contributed by atoms with van der Waals surface area (Å²) in [5, 5.41) is 9.14. The Labute approximate surface area is 137 Å². The maximum absolute atomic E-state index is 11.2. The van der Waals surface area contributed by atoms with E-state index in [1.165, 1.54) is 31.7 Å². The molecule has 124 valence electrons. The molecule has 5 heteroatoms. The minimum atomic E-state index is -1.04. The van der Waals surface area contributed by atoms with Gasteiger partial charge in [0.1, 0.15) is 5.75 Å². The number of hydrogen-bond donors (Lipinski definition) is 2. The Hall–Kier alpha value is -1.42. The van der Waals surface area contributed by atoms with Gasteiger partial charge in [-0.2, -0.15) is 0 Å². The average molecular weight is 328 g/mol. The zero-order valence-corrected chi connectivity index (χ0v) is 14.0. The standard InChI is InChI=1S/C17H26ClNO3/c1-2-3-4-5-6-7-12-22-16-13(10-11-18)8-9-14(15(16)19)17(20)21/h8-9H,2-7,10-12,19H2,1H3,(H,20,21). The molecule has 0 heterocycles. The van der Waals surface area contributed by atoms with Crippen molar-refractivity contribution in [3.05, 3.63) is 23.3 Å². The monoisotopic (exact) mass is 327 g/mol. The van der Waals surface area contributed by atoms with Crippen LogP contribution in [0.15, 0.2) is 12.1 Å². The summed E-state index contributed by atoms with van der Waals surface area (Å²) < 4.78 is 5.77. The van der Waals surface area contributed by atoms with Crippen LogP contribution in [-0.2, 0) is 6.42 Å². The number of carbonyl (C=O) groups is 1. The van der Waals surface area contributed by atoms with Crippen molar-refractivity contribution in [1.29, 1.82) is 0 Å². The van der Waals surface area contributed by atoms with E-state index in [9.17, 15) is 4.79 Å². The molecule has 0 bridgehead atoms. The van der Waals surface area contributed by atoms with Crippen LogP contribution in [0.1, 0.15) is 61.4 Å². The van der Waals surface area contributed by atoms with Gasteiger partial charge in [0.25, 0.3) is 0 Å². The summed E-state index contributed by atoms with van der Waals surface area (Å²) in [6.45, 7) is 2.74.